The number of nitrogens with one attached hydrogen (secondary N) is 1. The van der Waals surface area contributed by atoms with Crippen LogP contribution in [0.25, 0.3) is 0 Å². The summed E-state index contributed by atoms with van der Waals surface area (Å²) in [4.78, 5) is 26.9. The van der Waals surface area contributed by atoms with Crippen LogP contribution in [0.3, 0.4) is 0 Å². The molecule has 1 N–H and O–H groups in total. The molecule has 1 saturated heterocycles. The first-order chi connectivity index (χ1) is 11.7. The highest BCUT2D eigenvalue weighted by Crippen LogP contribution is 2.40. The van der Waals surface area contributed by atoms with Crippen molar-refractivity contribution in [2.24, 2.45) is 5.92 Å². The summed E-state index contributed by atoms with van der Waals surface area (Å²) in [7, 11) is 0. The minimum absolute atomic E-state index is 0.0609. The first-order valence-corrected chi connectivity index (χ1v) is 9.08. The van der Waals surface area contributed by atoms with E-state index in [1.807, 2.05) is 0 Å². The van der Waals surface area contributed by atoms with Gasteiger partial charge in [-0.1, -0.05) is 6.92 Å². The largest absolute Gasteiger partial charge is 0.416 e. The summed E-state index contributed by atoms with van der Waals surface area (Å²) in [6.07, 6.45) is -2.48. The molecule has 0 aliphatic carbocycles. The van der Waals surface area contributed by atoms with E-state index in [4.69, 9.17) is 0 Å². The fraction of sp³-hybridized carbons (Fsp3) is 0.529. The maximum absolute atomic E-state index is 12.8. The summed E-state index contributed by atoms with van der Waals surface area (Å²) in [6.45, 7) is 3.55. The molecular weight excluding hydrogens is 353 g/mol. The van der Waals surface area contributed by atoms with Gasteiger partial charge in [0.1, 0.15) is 0 Å². The molecule has 8 heteroatoms. The number of benzene rings is 1. The first-order valence-electron chi connectivity index (χ1n) is 8.20. The minimum Gasteiger partial charge on any atom is -0.343 e. The molecule has 4 nitrogen and oxygen atoms in total. The van der Waals surface area contributed by atoms with Gasteiger partial charge in [-0.3, -0.25) is 9.59 Å². The van der Waals surface area contributed by atoms with E-state index in [0.29, 0.717) is 23.9 Å². The standard InChI is InChI=1S/C17H19F3N2O2S/c1-10-4-6-22(7-5-10)15(23)9-14-16(24)21-12-8-11(17(18,19)20)2-3-13(12)25-14/h2-3,8,10,14H,4-7,9H2,1H3,(H,21,24). The maximum Gasteiger partial charge on any atom is 0.416 e. The Hall–Kier alpha value is -1.70. The average Bonchev–Trinajstić information content (AvgIpc) is 2.54. The van der Waals surface area contributed by atoms with Crippen molar-refractivity contribution < 1.29 is 22.8 Å². The van der Waals surface area contributed by atoms with Gasteiger partial charge in [0.2, 0.25) is 11.8 Å². The smallest absolute Gasteiger partial charge is 0.343 e. The predicted octanol–water partition coefficient (Wildman–Crippen LogP) is 3.77. The second kappa shape index (κ2) is 6.90. The number of piperidine rings is 1. The van der Waals surface area contributed by atoms with Gasteiger partial charge in [-0.25, -0.2) is 0 Å². The van der Waals surface area contributed by atoms with Gasteiger partial charge in [0.25, 0.3) is 0 Å². The van der Waals surface area contributed by atoms with Crippen molar-refractivity contribution in [2.75, 3.05) is 18.4 Å². The third-order valence-electron chi connectivity index (χ3n) is 4.62. The summed E-state index contributed by atoms with van der Waals surface area (Å²) < 4.78 is 38.3. The summed E-state index contributed by atoms with van der Waals surface area (Å²) in [5.74, 6) is 0.108. The van der Waals surface area contributed by atoms with Gasteiger partial charge in [-0.2, -0.15) is 13.2 Å². The molecule has 0 radical (unpaired) electrons. The zero-order valence-corrected chi connectivity index (χ0v) is 14.5. The number of fused-ring (bicyclic) bond motifs is 1. The molecule has 1 atom stereocenters. The van der Waals surface area contributed by atoms with Gasteiger partial charge >= 0.3 is 6.18 Å². The number of nitrogens with zero attached hydrogens (tertiary/aromatic N) is 1. The van der Waals surface area contributed by atoms with Crippen LogP contribution in [0.5, 0.6) is 0 Å². The van der Waals surface area contributed by atoms with Crippen LogP contribution in [0.2, 0.25) is 0 Å². The first kappa shape index (κ1) is 18.1. The third-order valence-corrected chi connectivity index (χ3v) is 5.90. The van der Waals surface area contributed by atoms with Gasteiger partial charge in [-0.15, -0.1) is 11.8 Å². The van der Waals surface area contributed by atoms with Crippen LogP contribution in [0.1, 0.15) is 31.7 Å². The number of likely N-dealkylation sites (tertiary alicyclic amines) is 1. The summed E-state index contributed by atoms with van der Waals surface area (Å²) in [6, 6.07) is 3.28. The lowest BCUT2D eigenvalue weighted by molar-refractivity contribution is -0.137. The Morgan fingerprint density at radius 3 is 2.64 bits per heavy atom. The van der Waals surface area contributed by atoms with E-state index >= 15 is 0 Å². The van der Waals surface area contributed by atoms with E-state index in [0.717, 1.165) is 36.7 Å². The van der Waals surface area contributed by atoms with E-state index in [1.165, 1.54) is 6.07 Å². The fourth-order valence-corrected chi connectivity index (χ4v) is 4.09. The van der Waals surface area contributed by atoms with Crippen LogP contribution in [0, 0.1) is 5.92 Å². The van der Waals surface area contributed by atoms with Crippen LogP contribution in [0.4, 0.5) is 18.9 Å². The zero-order chi connectivity index (χ0) is 18.2. The van der Waals surface area contributed by atoms with E-state index in [1.54, 1.807) is 4.90 Å². The summed E-state index contributed by atoms with van der Waals surface area (Å²) in [5.41, 5.74) is -0.649. The summed E-state index contributed by atoms with van der Waals surface area (Å²) in [5, 5.41) is 1.89. The average molecular weight is 372 g/mol. The molecule has 1 aromatic carbocycles. The van der Waals surface area contributed by atoms with Crippen molar-refractivity contribution in [1.82, 2.24) is 4.90 Å². The van der Waals surface area contributed by atoms with Crippen molar-refractivity contribution in [3.05, 3.63) is 23.8 Å². The van der Waals surface area contributed by atoms with Gasteiger partial charge in [0.15, 0.2) is 0 Å². The number of halogens is 3. The molecule has 0 bridgehead atoms. The number of hydrogen-bond acceptors (Lipinski definition) is 3. The number of amides is 2. The molecule has 2 heterocycles. The lowest BCUT2D eigenvalue weighted by Gasteiger charge is -2.32. The molecule has 1 unspecified atom stereocenters. The lowest BCUT2D eigenvalue weighted by Crippen LogP contribution is -2.41. The second-order valence-corrected chi connectivity index (χ2v) is 7.82. The molecule has 3 rings (SSSR count). The van der Waals surface area contributed by atoms with Crippen LogP contribution < -0.4 is 5.32 Å². The number of rotatable bonds is 2. The van der Waals surface area contributed by atoms with Crippen LogP contribution in [-0.2, 0) is 15.8 Å². The molecule has 0 spiro atoms. The van der Waals surface area contributed by atoms with Gasteiger partial charge < -0.3 is 10.2 Å². The number of alkyl halides is 3. The van der Waals surface area contributed by atoms with Crippen molar-refractivity contribution in [1.29, 1.82) is 0 Å². The summed E-state index contributed by atoms with van der Waals surface area (Å²) >= 11 is 1.15. The van der Waals surface area contributed by atoms with E-state index in [-0.39, 0.29) is 18.0 Å². The molecule has 25 heavy (non-hydrogen) atoms. The van der Waals surface area contributed by atoms with Crippen molar-refractivity contribution in [2.45, 2.75) is 42.5 Å². The molecular formula is C17H19F3N2O2S. The molecule has 136 valence electrons. The Bertz CT molecular complexity index is 685. The number of thioether (sulfide) groups is 1. The highest BCUT2D eigenvalue weighted by molar-refractivity contribution is 8.01. The topological polar surface area (TPSA) is 49.4 Å². The van der Waals surface area contributed by atoms with E-state index < -0.39 is 22.9 Å². The number of carbonyl (C=O) groups is 2. The second-order valence-electron chi connectivity index (χ2n) is 6.57. The van der Waals surface area contributed by atoms with Crippen molar-refractivity contribution in [3.63, 3.8) is 0 Å². The maximum atomic E-state index is 12.8. The molecule has 2 aliphatic rings. The van der Waals surface area contributed by atoms with E-state index in [9.17, 15) is 22.8 Å². The van der Waals surface area contributed by atoms with Crippen LogP contribution in [-0.4, -0.2) is 35.1 Å². The Labute approximate surface area is 148 Å². The van der Waals surface area contributed by atoms with E-state index in [2.05, 4.69) is 12.2 Å². The van der Waals surface area contributed by atoms with Gasteiger partial charge in [0, 0.05) is 24.4 Å². The molecule has 0 aromatic heterocycles. The lowest BCUT2D eigenvalue weighted by atomic mass is 9.99. The number of anilines is 1. The molecule has 2 aliphatic heterocycles. The minimum atomic E-state index is -4.46. The third kappa shape index (κ3) is 4.11. The highest BCUT2D eigenvalue weighted by Gasteiger charge is 2.35. The fourth-order valence-electron chi connectivity index (χ4n) is 3.01. The molecule has 1 fully saturated rings. The Kier molecular flexibility index (Phi) is 4.99. The number of hydrogen-bond donors (Lipinski definition) is 1. The Morgan fingerprint density at radius 1 is 1.32 bits per heavy atom. The van der Waals surface area contributed by atoms with Crippen LogP contribution >= 0.6 is 11.8 Å². The molecule has 0 saturated carbocycles. The Morgan fingerprint density at radius 2 is 2.00 bits per heavy atom. The van der Waals surface area contributed by atoms with Crippen molar-refractivity contribution >= 4 is 29.3 Å². The number of carbonyl (C=O) groups excluding carboxylic acids is 2. The predicted molar refractivity (Wildman–Crippen MR) is 89.3 cm³/mol. The molecule has 1 aromatic rings. The van der Waals surface area contributed by atoms with Crippen LogP contribution in [0.15, 0.2) is 23.1 Å². The monoisotopic (exact) mass is 372 g/mol. The quantitative estimate of drug-likeness (QED) is 0.860. The van der Waals surface area contributed by atoms with Gasteiger partial charge in [-0.05, 0) is 37.0 Å². The normalized spacial score (nSPS) is 21.7. The molecule has 2 amide bonds. The van der Waals surface area contributed by atoms with Gasteiger partial charge in [0.05, 0.1) is 16.5 Å². The Balaban J connectivity index is 1.67. The zero-order valence-electron chi connectivity index (χ0n) is 13.7. The van der Waals surface area contributed by atoms with Crippen molar-refractivity contribution in [3.8, 4) is 0 Å². The highest BCUT2D eigenvalue weighted by atomic mass is 32.2. The SMILES string of the molecule is CC1CCN(C(=O)CC2Sc3ccc(C(F)(F)F)cc3NC2=O)CC1.